The second kappa shape index (κ2) is 7.55. The van der Waals surface area contributed by atoms with Gasteiger partial charge in [-0.3, -0.25) is 9.30 Å². The average molecular weight is 331 g/mol. The first-order valence-corrected chi connectivity index (χ1v) is 8.78. The molecule has 0 unspecified atom stereocenters. The minimum absolute atomic E-state index is 0.771. The van der Waals surface area contributed by atoms with Crippen LogP contribution in [0.25, 0.3) is 16.4 Å². The third-order valence-corrected chi connectivity index (χ3v) is 4.76. The number of nitrogens with zero attached hydrogens (tertiary/aromatic N) is 3. The Kier molecular flexibility index (Phi) is 5.21. The molecule has 0 fully saturated rings. The van der Waals surface area contributed by atoms with E-state index in [4.69, 9.17) is 6.42 Å². The van der Waals surface area contributed by atoms with Crippen LogP contribution in [0.15, 0.2) is 43.1 Å². The van der Waals surface area contributed by atoms with E-state index in [0.717, 1.165) is 38.3 Å². The van der Waals surface area contributed by atoms with Gasteiger partial charge in [0.1, 0.15) is 5.82 Å². The van der Waals surface area contributed by atoms with Gasteiger partial charge in [-0.2, -0.15) is 0 Å². The van der Waals surface area contributed by atoms with Crippen molar-refractivity contribution in [1.29, 1.82) is 0 Å². The maximum Gasteiger partial charge on any atom is 0.110 e. The lowest BCUT2D eigenvalue weighted by molar-refractivity contribution is 0.315. The van der Waals surface area contributed by atoms with Crippen LogP contribution in [0.3, 0.4) is 0 Å². The van der Waals surface area contributed by atoms with Gasteiger partial charge < -0.3 is 0 Å². The fourth-order valence-corrected chi connectivity index (χ4v) is 3.59. The lowest BCUT2D eigenvalue weighted by Crippen LogP contribution is -2.27. The number of hydrogen-bond acceptors (Lipinski definition) is 2. The summed E-state index contributed by atoms with van der Waals surface area (Å²) in [5, 5.41) is 1.32. The van der Waals surface area contributed by atoms with Crippen molar-refractivity contribution < 1.29 is 0 Å². The number of terminal acetylenes is 1. The Morgan fingerprint density at radius 2 is 2.08 bits per heavy atom. The van der Waals surface area contributed by atoms with E-state index in [1.54, 1.807) is 0 Å². The van der Waals surface area contributed by atoms with Crippen LogP contribution in [0.1, 0.15) is 23.4 Å². The average Bonchev–Trinajstić information content (AvgIpc) is 2.96. The number of aryl methyl sites for hydroxylation is 2. The summed E-state index contributed by atoms with van der Waals surface area (Å²) >= 11 is 0. The molecule has 0 amide bonds. The molecule has 3 nitrogen and oxygen atoms in total. The number of para-hydroxylation sites is 1. The van der Waals surface area contributed by atoms with Crippen molar-refractivity contribution in [2.75, 3.05) is 19.6 Å². The third-order valence-electron chi connectivity index (χ3n) is 4.76. The third kappa shape index (κ3) is 3.31. The Balaban J connectivity index is 2.04. The number of aromatic nitrogens is 2. The van der Waals surface area contributed by atoms with E-state index in [1.165, 1.54) is 27.5 Å². The SMILES string of the molecule is C#CCCN(CC=C)CCc1c2ccccc2n2c(C)ncc(C)c12. The Hall–Kier alpha value is -2.57. The summed E-state index contributed by atoms with van der Waals surface area (Å²) in [6.07, 6.45) is 11.1. The van der Waals surface area contributed by atoms with Crippen LogP contribution in [-0.2, 0) is 6.42 Å². The fraction of sp³-hybridized carbons (Fsp3) is 0.318. The summed E-state index contributed by atoms with van der Waals surface area (Å²) in [5.74, 6) is 3.76. The van der Waals surface area contributed by atoms with Crippen molar-refractivity contribution in [3.05, 3.63) is 60.1 Å². The summed E-state index contributed by atoms with van der Waals surface area (Å²) in [6, 6.07) is 8.61. The maximum absolute atomic E-state index is 5.44. The highest BCUT2D eigenvalue weighted by Gasteiger charge is 2.16. The van der Waals surface area contributed by atoms with Crippen molar-refractivity contribution in [1.82, 2.24) is 14.3 Å². The molecule has 0 atom stereocenters. The van der Waals surface area contributed by atoms with E-state index in [-0.39, 0.29) is 0 Å². The normalized spacial score (nSPS) is 11.3. The summed E-state index contributed by atoms with van der Waals surface area (Å²) < 4.78 is 2.29. The first kappa shape index (κ1) is 17.3. The van der Waals surface area contributed by atoms with E-state index < -0.39 is 0 Å². The number of rotatable bonds is 7. The van der Waals surface area contributed by atoms with Gasteiger partial charge in [0.25, 0.3) is 0 Å². The molecule has 0 bridgehead atoms. The Labute approximate surface area is 150 Å². The summed E-state index contributed by atoms with van der Waals surface area (Å²) in [6.45, 7) is 10.8. The van der Waals surface area contributed by atoms with Crippen LogP contribution < -0.4 is 0 Å². The van der Waals surface area contributed by atoms with Crippen LogP contribution in [0.5, 0.6) is 0 Å². The van der Waals surface area contributed by atoms with Gasteiger partial charge >= 0.3 is 0 Å². The molecule has 3 heteroatoms. The molecule has 0 aliphatic rings. The fourth-order valence-electron chi connectivity index (χ4n) is 3.59. The second-order valence-corrected chi connectivity index (χ2v) is 6.46. The molecule has 0 aliphatic heterocycles. The topological polar surface area (TPSA) is 20.5 Å². The molecule has 0 N–H and O–H groups in total. The largest absolute Gasteiger partial charge is 0.298 e. The molecule has 3 rings (SSSR count). The smallest absolute Gasteiger partial charge is 0.110 e. The number of benzene rings is 1. The van der Waals surface area contributed by atoms with Gasteiger partial charge in [-0.1, -0.05) is 24.3 Å². The first-order valence-electron chi connectivity index (χ1n) is 8.78. The van der Waals surface area contributed by atoms with Crippen LogP contribution in [0.4, 0.5) is 0 Å². The molecule has 25 heavy (non-hydrogen) atoms. The van der Waals surface area contributed by atoms with Crippen molar-refractivity contribution in [3.8, 4) is 12.3 Å². The standard InChI is InChI=1S/C22H25N3/c1-5-7-14-24(13-6-2)15-12-20-19-10-8-9-11-21(19)25-18(4)23-16-17(3)22(20)25/h1,6,8-11,16H,2,7,12-15H2,3-4H3. The van der Waals surface area contributed by atoms with Crippen molar-refractivity contribution in [3.63, 3.8) is 0 Å². The minimum Gasteiger partial charge on any atom is -0.298 e. The molecular formula is C22H25N3. The van der Waals surface area contributed by atoms with E-state index in [0.29, 0.717) is 0 Å². The van der Waals surface area contributed by atoms with Gasteiger partial charge in [0, 0.05) is 37.6 Å². The lowest BCUT2D eigenvalue weighted by Gasteiger charge is -2.19. The molecular weight excluding hydrogens is 306 g/mol. The number of fused-ring (bicyclic) bond motifs is 3. The molecule has 2 aromatic heterocycles. The number of hydrogen-bond donors (Lipinski definition) is 0. The molecule has 0 spiro atoms. The van der Waals surface area contributed by atoms with E-state index >= 15 is 0 Å². The Morgan fingerprint density at radius 1 is 1.28 bits per heavy atom. The maximum atomic E-state index is 5.44. The van der Waals surface area contributed by atoms with Gasteiger partial charge in [0.15, 0.2) is 0 Å². The lowest BCUT2D eigenvalue weighted by atomic mass is 10.1. The van der Waals surface area contributed by atoms with Gasteiger partial charge in [-0.25, -0.2) is 4.98 Å². The zero-order valence-electron chi connectivity index (χ0n) is 15.1. The van der Waals surface area contributed by atoms with Gasteiger partial charge in [0.05, 0.1) is 11.0 Å². The molecule has 0 radical (unpaired) electrons. The molecule has 128 valence electrons. The van der Waals surface area contributed by atoms with E-state index in [2.05, 4.69) is 64.9 Å². The van der Waals surface area contributed by atoms with Gasteiger partial charge in [0.2, 0.25) is 0 Å². The predicted octanol–water partition coefficient (Wildman–Crippen LogP) is 4.16. The van der Waals surface area contributed by atoms with Gasteiger partial charge in [-0.15, -0.1) is 18.9 Å². The minimum atomic E-state index is 0.771. The van der Waals surface area contributed by atoms with Crippen LogP contribution in [0, 0.1) is 26.2 Å². The van der Waals surface area contributed by atoms with Gasteiger partial charge in [-0.05, 0) is 37.5 Å². The van der Waals surface area contributed by atoms with Crippen molar-refractivity contribution in [2.45, 2.75) is 26.7 Å². The highest BCUT2D eigenvalue weighted by molar-refractivity contribution is 5.93. The van der Waals surface area contributed by atoms with Crippen LogP contribution in [-0.4, -0.2) is 33.9 Å². The van der Waals surface area contributed by atoms with Crippen LogP contribution in [0.2, 0.25) is 0 Å². The van der Waals surface area contributed by atoms with E-state index in [9.17, 15) is 0 Å². The van der Waals surface area contributed by atoms with Crippen molar-refractivity contribution >= 4 is 16.4 Å². The quantitative estimate of drug-likeness (QED) is 0.479. The first-order chi connectivity index (χ1) is 12.2. The van der Waals surface area contributed by atoms with Crippen LogP contribution >= 0.6 is 0 Å². The summed E-state index contributed by atoms with van der Waals surface area (Å²) in [5.41, 5.74) is 5.15. The molecule has 3 aromatic rings. The van der Waals surface area contributed by atoms with Crippen molar-refractivity contribution in [2.24, 2.45) is 0 Å². The summed E-state index contributed by atoms with van der Waals surface area (Å²) in [4.78, 5) is 6.92. The van der Waals surface area contributed by atoms with E-state index in [1.807, 2.05) is 12.3 Å². The highest BCUT2D eigenvalue weighted by Crippen LogP contribution is 2.30. The molecule has 0 aliphatic carbocycles. The molecule has 2 heterocycles. The molecule has 0 saturated heterocycles. The Bertz CT molecular complexity index is 943. The zero-order valence-corrected chi connectivity index (χ0v) is 15.1. The second-order valence-electron chi connectivity index (χ2n) is 6.46. The zero-order chi connectivity index (χ0) is 17.8. The molecule has 1 aromatic carbocycles. The predicted molar refractivity (Wildman–Crippen MR) is 106 cm³/mol. The highest BCUT2D eigenvalue weighted by atomic mass is 15.1. The molecule has 0 saturated carbocycles. The monoisotopic (exact) mass is 331 g/mol. The Morgan fingerprint density at radius 3 is 2.84 bits per heavy atom. The summed E-state index contributed by atoms with van der Waals surface area (Å²) in [7, 11) is 0.